The van der Waals surface area contributed by atoms with Gasteiger partial charge in [-0.25, -0.2) is 4.99 Å². The van der Waals surface area contributed by atoms with Crippen LogP contribution in [-0.2, 0) is 16.0 Å². The van der Waals surface area contributed by atoms with Crippen molar-refractivity contribution in [2.45, 2.75) is 33.7 Å². The van der Waals surface area contributed by atoms with Gasteiger partial charge in [0.1, 0.15) is 0 Å². The summed E-state index contributed by atoms with van der Waals surface area (Å²) in [5, 5.41) is 6.61. The van der Waals surface area contributed by atoms with E-state index in [1.807, 2.05) is 0 Å². The van der Waals surface area contributed by atoms with Crippen molar-refractivity contribution in [1.29, 1.82) is 0 Å². The van der Waals surface area contributed by atoms with Crippen LogP contribution in [0.15, 0.2) is 23.2 Å². The molecule has 0 aromatic heterocycles. The Bertz CT molecular complexity index is 475. The first kappa shape index (κ1) is 19.5. The number of guanidine groups is 1. The Kier molecular flexibility index (Phi) is 10.1. The summed E-state index contributed by atoms with van der Waals surface area (Å²) >= 11 is 0. The lowest BCUT2D eigenvalue weighted by Crippen LogP contribution is -2.38. The Morgan fingerprint density at radius 3 is 2.65 bits per heavy atom. The summed E-state index contributed by atoms with van der Waals surface area (Å²) in [6, 6.07) is 6.49. The number of aliphatic imine (C=N–C) groups is 1. The van der Waals surface area contributed by atoms with Crippen LogP contribution in [0.4, 0.5) is 0 Å². The van der Waals surface area contributed by atoms with Crippen LogP contribution in [0.5, 0.6) is 0 Å². The highest BCUT2D eigenvalue weighted by atomic mass is 16.5. The quantitative estimate of drug-likeness (QED) is 0.395. The van der Waals surface area contributed by atoms with Crippen molar-refractivity contribution < 1.29 is 9.47 Å². The Hall–Kier alpha value is -1.59. The molecule has 0 spiro atoms. The molecule has 0 amide bonds. The summed E-state index contributed by atoms with van der Waals surface area (Å²) < 4.78 is 10.4. The largest absolute Gasteiger partial charge is 0.382 e. The second kappa shape index (κ2) is 11.9. The van der Waals surface area contributed by atoms with Crippen LogP contribution in [0, 0.1) is 13.8 Å². The van der Waals surface area contributed by atoms with Gasteiger partial charge in [0, 0.05) is 26.8 Å². The topological polar surface area (TPSA) is 54.9 Å². The van der Waals surface area contributed by atoms with Crippen molar-refractivity contribution in [3.05, 3.63) is 34.9 Å². The highest BCUT2D eigenvalue weighted by Crippen LogP contribution is 2.11. The third kappa shape index (κ3) is 8.57. The molecule has 23 heavy (non-hydrogen) atoms. The van der Waals surface area contributed by atoms with E-state index in [0.29, 0.717) is 19.8 Å². The van der Waals surface area contributed by atoms with Crippen LogP contribution >= 0.6 is 0 Å². The van der Waals surface area contributed by atoms with Crippen LogP contribution in [-0.4, -0.2) is 46.0 Å². The predicted molar refractivity (Wildman–Crippen MR) is 96.0 cm³/mol. The molecule has 0 heterocycles. The zero-order valence-corrected chi connectivity index (χ0v) is 14.9. The molecule has 0 saturated carbocycles. The Labute approximate surface area is 140 Å². The number of aryl methyl sites for hydroxylation is 2. The Balaban J connectivity index is 2.38. The van der Waals surface area contributed by atoms with Gasteiger partial charge in [0.05, 0.1) is 19.8 Å². The van der Waals surface area contributed by atoms with E-state index in [1.165, 1.54) is 16.7 Å². The van der Waals surface area contributed by atoms with Gasteiger partial charge in [-0.05, 0) is 38.3 Å². The molecule has 2 N–H and O–H groups in total. The minimum atomic E-state index is 0.646. The summed E-state index contributed by atoms with van der Waals surface area (Å²) in [6.45, 7) is 10.7. The molecule has 0 aliphatic heterocycles. The number of rotatable bonds is 10. The van der Waals surface area contributed by atoms with E-state index < -0.39 is 0 Å². The first-order valence-electron chi connectivity index (χ1n) is 8.32. The van der Waals surface area contributed by atoms with Crippen LogP contribution in [0.2, 0.25) is 0 Å². The van der Waals surface area contributed by atoms with Gasteiger partial charge in [0.25, 0.3) is 0 Å². The number of hydrogen-bond acceptors (Lipinski definition) is 3. The van der Waals surface area contributed by atoms with Crippen molar-refractivity contribution in [2.24, 2.45) is 4.99 Å². The molecule has 130 valence electrons. The molecule has 0 saturated heterocycles. The van der Waals surface area contributed by atoms with E-state index in [4.69, 9.17) is 9.47 Å². The van der Waals surface area contributed by atoms with Gasteiger partial charge >= 0.3 is 0 Å². The number of nitrogens with zero attached hydrogens (tertiary/aromatic N) is 1. The molecule has 0 atom stereocenters. The number of nitrogens with one attached hydrogen (secondary N) is 2. The number of methoxy groups -OCH3 is 1. The molecular weight excluding hydrogens is 290 g/mol. The van der Waals surface area contributed by atoms with Gasteiger partial charge in [-0.2, -0.15) is 0 Å². The van der Waals surface area contributed by atoms with Crippen LogP contribution in [0.3, 0.4) is 0 Å². The maximum absolute atomic E-state index is 5.45. The van der Waals surface area contributed by atoms with Crippen LogP contribution < -0.4 is 10.6 Å². The van der Waals surface area contributed by atoms with E-state index in [1.54, 1.807) is 7.11 Å². The monoisotopic (exact) mass is 321 g/mol. The van der Waals surface area contributed by atoms with Crippen LogP contribution in [0.1, 0.15) is 30.0 Å². The molecule has 0 unspecified atom stereocenters. The van der Waals surface area contributed by atoms with Gasteiger partial charge in [0.2, 0.25) is 0 Å². The first-order chi connectivity index (χ1) is 11.2. The minimum absolute atomic E-state index is 0.646. The predicted octanol–water partition coefficient (Wildman–Crippen LogP) is 2.41. The first-order valence-corrected chi connectivity index (χ1v) is 8.32. The molecule has 0 radical (unpaired) electrons. The van der Waals surface area contributed by atoms with E-state index in [2.05, 4.69) is 54.6 Å². The standard InChI is InChI=1S/C18H31N3O2/c1-5-19-18(20-9-6-10-23-12-11-22-4)21-14-17-8-7-15(2)13-16(17)3/h7-8,13H,5-6,9-12,14H2,1-4H3,(H2,19,20,21). The highest BCUT2D eigenvalue weighted by Gasteiger charge is 2.00. The van der Waals surface area contributed by atoms with Gasteiger partial charge in [-0.1, -0.05) is 23.8 Å². The molecule has 1 aromatic rings. The molecule has 0 fully saturated rings. The molecular formula is C18H31N3O2. The average Bonchev–Trinajstić information content (AvgIpc) is 2.53. The lowest BCUT2D eigenvalue weighted by molar-refractivity contribution is 0.0698. The molecule has 0 aliphatic rings. The van der Waals surface area contributed by atoms with E-state index >= 15 is 0 Å². The Morgan fingerprint density at radius 2 is 1.96 bits per heavy atom. The summed E-state index contributed by atoms with van der Waals surface area (Å²) in [5.41, 5.74) is 3.83. The minimum Gasteiger partial charge on any atom is -0.382 e. The summed E-state index contributed by atoms with van der Waals surface area (Å²) in [4.78, 5) is 4.66. The number of hydrogen-bond donors (Lipinski definition) is 2. The molecule has 1 aromatic carbocycles. The van der Waals surface area contributed by atoms with E-state index in [9.17, 15) is 0 Å². The summed E-state index contributed by atoms with van der Waals surface area (Å²) in [5.74, 6) is 0.851. The van der Waals surface area contributed by atoms with E-state index in [-0.39, 0.29) is 0 Å². The second-order valence-corrected chi connectivity index (χ2v) is 5.51. The van der Waals surface area contributed by atoms with Gasteiger partial charge in [-0.3, -0.25) is 0 Å². The smallest absolute Gasteiger partial charge is 0.191 e. The van der Waals surface area contributed by atoms with Crippen molar-refractivity contribution in [3.8, 4) is 0 Å². The number of benzene rings is 1. The van der Waals surface area contributed by atoms with Gasteiger partial charge in [-0.15, -0.1) is 0 Å². The fourth-order valence-electron chi connectivity index (χ4n) is 2.15. The maximum Gasteiger partial charge on any atom is 0.191 e. The Morgan fingerprint density at radius 1 is 1.13 bits per heavy atom. The normalized spacial score (nSPS) is 11.6. The molecule has 0 bridgehead atoms. The summed E-state index contributed by atoms with van der Waals surface area (Å²) in [6.07, 6.45) is 0.942. The van der Waals surface area contributed by atoms with Crippen molar-refractivity contribution in [1.82, 2.24) is 10.6 Å². The highest BCUT2D eigenvalue weighted by molar-refractivity contribution is 5.79. The molecule has 5 heteroatoms. The van der Waals surface area contributed by atoms with E-state index in [0.717, 1.165) is 32.1 Å². The second-order valence-electron chi connectivity index (χ2n) is 5.51. The van der Waals surface area contributed by atoms with Gasteiger partial charge in [0.15, 0.2) is 5.96 Å². The van der Waals surface area contributed by atoms with Crippen LogP contribution in [0.25, 0.3) is 0 Å². The SMILES string of the molecule is CCNC(=NCc1ccc(C)cc1C)NCCCOCCOC. The molecule has 1 rings (SSSR count). The third-order valence-electron chi connectivity index (χ3n) is 3.44. The van der Waals surface area contributed by atoms with Crippen molar-refractivity contribution in [3.63, 3.8) is 0 Å². The molecule has 5 nitrogen and oxygen atoms in total. The fraction of sp³-hybridized carbons (Fsp3) is 0.611. The third-order valence-corrected chi connectivity index (χ3v) is 3.44. The maximum atomic E-state index is 5.45. The lowest BCUT2D eigenvalue weighted by Gasteiger charge is -2.12. The average molecular weight is 321 g/mol. The molecule has 0 aliphatic carbocycles. The van der Waals surface area contributed by atoms with Gasteiger partial charge < -0.3 is 20.1 Å². The fourth-order valence-corrected chi connectivity index (χ4v) is 2.15. The van der Waals surface area contributed by atoms with Crippen molar-refractivity contribution >= 4 is 5.96 Å². The zero-order chi connectivity index (χ0) is 16.9. The number of ether oxygens (including phenoxy) is 2. The summed E-state index contributed by atoms with van der Waals surface area (Å²) in [7, 11) is 1.68. The zero-order valence-electron chi connectivity index (χ0n) is 14.9. The van der Waals surface area contributed by atoms with Crippen molar-refractivity contribution in [2.75, 3.05) is 40.0 Å². The lowest BCUT2D eigenvalue weighted by atomic mass is 10.1.